The first-order valence-corrected chi connectivity index (χ1v) is 11.8. The molecule has 2 atom stereocenters. The Labute approximate surface area is 214 Å². The molecule has 0 fully saturated rings. The minimum Gasteiger partial charge on any atom is -0.497 e. The summed E-state index contributed by atoms with van der Waals surface area (Å²) in [5.74, 6) is 4.02. The third-order valence-corrected chi connectivity index (χ3v) is 6.77. The molecular formula is C28H26N4O5. The molecule has 0 radical (unpaired) electrons. The molecule has 2 unspecified atom stereocenters. The second kappa shape index (κ2) is 9.09. The number of hydrogen-bond acceptors (Lipinski definition) is 8. The highest BCUT2D eigenvalue weighted by molar-refractivity contribution is 5.85. The van der Waals surface area contributed by atoms with Crippen LogP contribution in [0.3, 0.4) is 0 Å². The van der Waals surface area contributed by atoms with Crippen molar-refractivity contribution in [3.8, 4) is 28.7 Å². The van der Waals surface area contributed by atoms with Crippen molar-refractivity contribution in [2.45, 2.75) is 12.1 Å². The van der Waals surface area contributed by atoms with E-state index >= 15 is 0 Å². The SMILES string of the molecule is COc1ccc(C2Oc3ccccc3C3=C2C(c2ccc(OC)c(OC)c2)n2ncnc2N3)c(OC)c1. The number of anilines is 1. The largest absolute Gasteiger partial charge is 0.497 e. The Balaban J connectivity index is 1.62. The minimum absolute atomic E-state index is 0.348. The van der Waals surface area contributed by atoms with Gasteiger partial charge in [-0.25, -0.2) is 4.68 Å². The Morgan fingerprint density at radius 2 is 1.65 bits per heavy atom. The van der Waals surface area contributed by atoms with Crippen LogP contribution in [0.25, 0.3) is 5.70 Å². The standard InChI is InChI=1S/C28H26N4O5/c1-33-17-10-11-19(22(14-17)35-3)27-24-25(18-7-5-6-8-20(18)37-27)31-28-29-15-30-32(28)26(24)16-9-12-21(34-2)23(13-16)36-4/h5-15,26-27H,1-4H3,(H,29,30,31). The van der Waals surface area contributed by atoms with Gasteiger partial charge >= 0.3 is 0 Å². The van der Waals surface area contributed by atoms with Gasteiger partial charge in [0, 0.05) is 22.8 Å². The third kappa shape index (κ3) is 3.62. The van der Waals surface area contributed by atoms with Gasteiger partial charge in [0.15, 0.2) is 17.6 Å². The van der Waals surface area contributed by atoms with E-state index in [1.807, 2.05) is 65.3 Å². The zero-order valence-electron chi connectivity index (χ0n) is 20.9. The normalized spacial score (nSPS) is 17.5. The van der Waals surface area contributed by atoms with E-state index in [-0.39, 0.29) is 6.04 Å². The third-order valence-electron chi connectivity index (χ3n) is 6.77. The van der Waals surface area contributed by atoms with Crippen molar-refractivity contribution in [1.82, 2.24) is 14.8 Å². The Morgan fingerprint density at radius 1 is 0.838 bits per heavy atom. The van der Waals surface area contributed by atoms with E-state index in [1.54, 1.807) is 34.8 Å². The van der Waals surface area contributed by atoms with Gasteiger partial charge in [-0.3, -0.25) is 0 Å². The highest BCUT2D eigenvalue weighted by Crippen LogP contribution is 2.52. The second-order valence-electron chi connectivity index (χ2n) is 8.60. The number of ether oxygens (including phenoxy) is 5. The van der Waals surface area contributed by atoms with E-state index in [0.717, 1.165) is 33.7 Å². The van der Waals surface area contributed by atoms with Crippen LogP contribution in [0.2, 0.25) is 0 Å². The molecule has 0 bridgehead atoms. The number of fused-ring (bicyclic) bond motifs is 3. The number of nitrogens with one attached hydrogen (secondary N) is 1. The van der Waals surface area contributed by atoms with E-state index in [4.69, 9.17) is 23.7 Å². The quantitative estimate of drug-likeness (QED) is 0.403. The van der Waals surface area contributed by atoms with Crippen molar-refractivity contribution in [3.63, 3.8) is 0 Å². The molecule has 0 amide bonds. The number of methoxy groups -OCH3 is 4. The van der Waals surface area contributed by atoms with Crippen molar-refractivity contribution >= 4 is 11.6 Å². The second-order valence-corrected chi connectivity index (χ2v) is 8.60. The van der Waals surface area contributed by atoms with Crippen molar-refractivity contribution in [1.29, 1.82) is 0 Å². The first kappa shape index (κ1) is 22.8. The number of hydrogen-bond donors (Lipinski definition) is 1. The lowest BCUT2D eigenvalue weighted by atomic mass is 9.84. The highest BCUT2D eigenvalue weighted by atomic mass is 16.5. The fourth-order valence-corrected chi connectivity index (χ4v) is 5.05. The van der Waals surface area contributed by atoms with Crippen LogP contribution in [0, 0.1) is 0 Å². The van der Waals surface area contributed by atoms with Crippen LogP contribution < -0.4 is 29.0 Å². The molecule has 2 aliphatic rings. The molecule has 3 aromatic carbocycles. The van der Waals surface area contributed by atoms with Crippen molar-refractivity contribution < 1.29 is 23.7 Å². The van der Waals surface area contributed by atoms with Crippen LogP contribution >= 0.6 is 0 Å². The maximum absolute atomic E-state index is 6.71. The Morgan fingerprint density at radius 3 is 2.43 bits per heavy atom. The molecule has 0 aliphatic carbocycles. The predicted molar refractivity (Wildman–Crippen MR) is 138 cm³/mol. The van der Waals surface area contributed by atoms with E-state index in [0.29, 0.717) is 28.9 Å². The predicted octanol–water partition coefficient (Wildman–Crippen LogP) is 4.87. The number of para-hydroxylation sites is 1. The Hall–Kier alpha value is -4.66. The summed E-state index contributed by atoms with van der Waals surface area (Å²) in [6.07, 6.45) is 1.05. The highest BCUT2D eigenvalue weighted by Gasteiger charge is 2.42. The number of benzene rings is 3. The smallest absolute Gasteiger partial charge is 0.226 e. The minimum atomic E-state index is -0.492. The van der Waals surface area contributed by atoms with Gasteiger partial charge in [-0.1, -0.05) is 18.2 Å². The first-order valence-electron chi connectivity index (χ1n) is 11.8. The van der Waals surface area contributed by atoms with Crippen molar-refractivity contribution in [2.75, 3.05) is 33.8 Å². The Kier molecular flexibility index (Phi) is 5.60. The summed E-state index contributed by atoms with van der Waals surface area (Å²) >= 11 is 0. The van der Waals surface area contributed by atoms with Crippen LogP contribution in [0.4, 0.5) is 5.95 Å². The van der Waals surface area contributed by atoms with Crippen LogP contribution in [0.1, 0.15) is 28.8 Å². The summed E-state index contributed by atoms with van der Waals surface area (Å²) in [4.78, 5) is 4.50. The van der Waals surface area contributed by atoms with Gasteiger partial charge < -0.3 is 29.0 Å². The average Bonchev–Trinajstić information content (AvgIpc) is 3.43. The number of aromatic nitrogens is 3. The molecule has 6 rings (SSSR count). The average molecular weight is 499 g/mol. The lowest BCUT2D eigenvalue weighted by Gasteiger charge is -2.39. The van der Waals surface area contributed by atoms with Crippen molar-refractivity contribution in [3.05, 3.63) is 89.3 Å². The van der Waals surface area contributed by atoms with Gasteiger partial charge in [-0.05, 0) is 42.0 Å². The van der Waals surface area contributed by atoms with Gasteiger partial charge in [0.05, 0.1) is 34.1 Å². The summed E-state index contributed by atoms with van der Waals surface area (Å²) in [5.41, 5.74) is 4.64. The molecule has 9 nitrogen and oxygen atoms in total. The lowest BCUT2D eigenvalue weighted by molar-refractivity contribution is 0.217. The first-order chi connectivity index (χ1) is 18.2. The molecule has 9 heteroatoms. The molecule has 0 saturated heterocycles. The molecule has 37 heavy (non-hydrogen) atoms. The maximum Gasteiger partial charge on any atom is 0.226 e. The van der Waals surface area contributed by atoms with Crippen molar-refractivity contribution in [2.24, 2.45) is 0 Å². The topological polar surface area (TPSA) is 88.9 Å². The molecular weight excluding hydrogens is 472 g/mol. The van der Waals surface area contributed by atoms with Gasteiger partial charge in [-0.2, -0.15) is 10.1 Å². The van der Waals surface area contributed by atoms with Crippen LogP contribution in [-0.2, 0) is 0 Å². The number of nitrogens with zero attached hydrogens (tertiary/aromatic N) is 3. The number of rotatable bonds is 6. The molecule has 0 saturated carbocycles. The molecule has 2 aliphatic heterocycles. The molecule has 0 spiro atoms. The summed E-state index contributed by atoms with van der Waals surface area (Å²) in [6.45, 7) is 0. The van der Waals surface area contributed by atoms with Gasteiger partial charge in [0.2, 0.25) is 5.95 Å². The maximum atomic E-state index is 6.71. The summed E-state index contributed by atoms with van der Waals surface area (Å²) < 4.78 is 30.9. The summed E-state index contributed by atoms with van der Waals surface area (Å²) in [6, 6.07) is 19.2. The van der Waals surface area contributed by atoms with Gasteiger partial charge in [0.1, 0.15) is 29.6 Å². The molecule has 4 aromatic rings. The summed E-state index contributed by atoms with van der Waals surface area (Å²) in [7, 11) is 6.52. The molecule has 1 aromatic heterocycles. The molecule has 188 valence electrons. The summed E-state index contributed by atoms with van der Waals surface area (Å²) in [5, 5.41) is 8.10. The zero-order chi connectivity index (χ0) is 25.5. The van der Waals surface area contributed by atoms with E-state index in [2.05, 4.69) is 15.4 Å². The van der Waals surface area contributed by atoms with E-state index < -0.39 is 6.10 Å². The fourth-order valence-electron chi connectivity index (χ4n) is 5.05. The molecule has 1 N–H and O–H groups in total. The van der Waals surface area contributed by atoms with E-state index in [9.17, 15) is 0 Å². The monoisotopic (exact) mass is 498 g/mol. The fraction of sp³-hybridized carbons (Fsp3) is 0.214. The Bertz CT molecular complexity index is 1510. The van der Waals surface area contributed by atoms with Crippen LogP contribution in [0.5, 0.6) is 28.7 Å². The van der Waals surface area contributed by atoms with Gasteiger partial charge in [0.25, 0.3) is 0 Å². The zero-order valence-corrected chi connectivity index (χ0v) is 20.9. The lowest BCUT2D eigenvalue weighted by Crippen LogP contribution is -2.32. The molecule has 3 heterocycles. The van der Waals surface area contributed by atoms with Crippen LogP contribution in [0.15, 0.2) is 72.6 Å². The van der Waals surface area contributed by atoms with Crippen LogP contribution in [-0.4, -0.2) is 43.2 Å². The van der Waals surface area contributed by atoms with E-state index in [1.165, 1.54) is 0 Å². The van der Waals surface area contributed by atoms with Gasteiger partial charge in [-0.15, -0.1) is 0 Å².